The minimum atomic E-state index is -0.429. The van der Waals surface area contributed by atoms with Crippen LogP contribution in [0.15, 0.2) is 66.7 Å². The van der Waals surface area contributed by atoms with Gasteiger partial charge in [0.05, 0.1) is 18.7 Å². The van der Waals surface area contributed by atoms with Crippen LogP contribution >= 0.6 is 0 Å². The standard InChI is InChI=1S/C22H17NO3/c1-25-21-9-8-19-12-16(5-7-20(19)13-21)6-10-22(24)26-15-18-4-2-3-17(11-18)14-23/h2-13H,15H2,1H3/b10-6+. The van der Waals surface area contributed by atoms with Crippen molar-refractivity contribution in [1.29, 1.82) is 5.26 Å². The molecule has 3 aromatic carbocycles. The number of hydrogen-bond acceptors (Lipinski definition) is 4. The van der Waals surface area contributed by atoms with Gasteiger partial charge in [0.2, 0.25) is 0 Å². The van der Waals surface area contributed by atoms with Crippen molar-refractivity contribution in [1.82, 2.24) is 0 Å². The van der Waals surface area contributed by atoms with E-state index in [2.05, 4.69) is 6.07 Å². The highest BCUT2D eigenvalue weighted by Gasteiger charge is 2.01. The third kappa shape index (κ3) is 4.28. The number of nitrogens with zero attached hydrogens (tertiary/aromatic N) is 1. The van der Waals surface area contributed by atoms with E-state index in [0.717, 1.165) is 27.6 Å². The van der Waals surface area contributed by atoms with Crippen LogP contribution in [0.3, 0.4) is 0 Å². The summed E-state index contributed by atoms with van der Waals surface area (Å²) in [5.74, 6) is 0.382. The SMILES string of the molecule is COc1ccc2cc(/C=C/C(=O)OCc3cccc(C#N)c3)ccc2c1. The molecule has 0 unspecified atom stereocenters. The Morgan fingerprint density at radius 2 is 1.88 bits per heavy atom. The van der Waals surface area contributed by atoms with Crippen LogP contribution in [-0.4, -0.2) is 13.1 Å². The lowest BCUT2D eigenvalue weighted by Gasteiger charge is -2.04. The van der Waals surface area contributed by atoms with Crippen LogP contribution in [0, 0.1) is 11.3 Å². The summed E-state index contributed by atoms with van der Waals surface area (Å²) >= 11 is 0. The lowest BCUT2D eigenvalue weighted by Crippen LogP contribution is -2.00. The van der Waals surface area contributed by atoms with Gasteiger partial charge in [-0.25, -0.2) is 4.79 Å². The highest BCUT2D eigenvalue weighted by molar-refractivity contribution is 5.90. The fourth-order valence-electron chi connectivity index (χ4n) is 2.57. The van der Waals surface area contributed by atoms with Crippen LogP contribution in [0.1, 0.15) is 16.7 Å². The van der Waals surface area contributed by atoms with Crippen molar-refractivity contribution in [2.45, 2.75) is 6.61 Å². The molecule has 0 N–H and O–H groups in total. The Morgan fingerprint density at radius 3 is 2.69 bits per heavy atom. The van der Waals surface area contributed by atoms with E-state index in [-0.39, 0.29) is 6.61 Å². The monoisotopic (exact) mass is 343 g/mol. The third-order valence-electron chi connectivity index (χ3n) is 3.92. The van der Waals surface area contributed by atoms with E-state index in [4.69, 9.17) is 14.7 Å². The van der Waals surface area contributed by atoms with E-state index in [1.807, 2.05) is 42.5 Å². The number of ether oxygens (including phenoxy) is 2. The molecule has 0 radical (unpaired) electrons. The molecule has 4 heteroatoms. The van der Waals surface area contributed by atoms with Gasteiger partial charge >= 0.3 is 5.97 Å². The van der Waals surface area contributed by atoms with Crippen molar-refractivity contribution in [3.05, 3.63) is 83.4 Å². The Kier molecular flexibility index (Phi) is 5.31. The minimum absolute atomic E-state index is 0.135. The molecule has 4 nitrogen and oxygen atoms in total. The van der Waals surface area contributed by atoms with Crippen molar-refractivity contribution in [3.63, 3.8) is 0 Å². The third-order valence-corrected chi connectivity index (χ3v) is 3.92. The molecule has 0 heterocycles. The number of rotatable bonds is 5. The quantitative estimate of drug-likeness (QED) is 0.506. The first-order valence-electron chi connectivity index (χ1n) is 8.09. The van der Waals surface area contributed by atoms with Crippen LogP contribution in [0.25, 0.3) is 16.8 Å². The summed E-state index contributed by atoms with van der Waals surface area (Å²) in [5.41, 5.74) is 2.23. The van der Waals surface area contributed by atoms with Crippen molar-refractivity contribution >= 4 is 22.8 Å². The molecule has 0 aliphatic rings. The molecule has 128 valence electrons. The van der Waals surface area contributed by atoms with E-state index < -0.39 is 5.97 Å². The van der Waals surface area contributed by atoms with Crippen molar-refractivity contribution in [2.24, 2.45) is 0 Å². The highest BCUT2D eigenvalue weighted by Crippen LogP contribution is 2.22. The first-order valence-corrected chi connectivity index (χ1v) is 8.09. The van der Waals surface area contributed by atoms with Gasteiger partial charge in [-0.2, -0.15) is 5.26 Å². The van der Waals surface area contributed by atoms with E-state index in [9.17, 15) is 4.79 Å². The number of fused-ring (bicyclic) bond motifs is 1. The average Bonchev–Trinajstić information content (AvgIpc) is 2.70. The summed E-state index contributed by atoms with van der Waals surface area (Å²) in [7, 11) is 1.64. The summed E-state index contributed by atoms with van der Waals surface area (Å²) in [6, 6.07) is 20.8. The molecule has 26 heavy (non-hydrogen) atoms. The van der Waals surface area contributed by atoms with Crippen molar-refractivity contribution < 1.29 is 14.3 Å². The molecule has 0 aliphatic heterocycles. The number of nitriles is 1. The molecule has 3 aromatic rings. The predicted octanol–water partition coefficient (Wildman–Crippen LogP) is 4.48. The smallest absolute Gasteiger partial charge is 0.331 e. The second kappa shape index (κ2) is 8.00. The zero-order chi connectivity index (χ0) is 18.4. The van der Waals surface area contributed by atoms with E-state index in [0.29, 0.717) is 5.56 Å². The Balaban J connectivity index is 1.64. The van der Waals surface area contributed by atoms with Gasteiger partial charge in [-0.3, -0.25) is 0 Å². The van der Waals surface area contributed by atoms with Gasteiger partial charge in [0.1, 0.15) is 12.4 Å². The second-order valence-electron chi connectivity index (χ2n) is 5.73. The fraction of sp³-hybridized carbons (Fsp3) is 0.0909. The van der Waals surface area contributed by atoms with Gasteiger partial charge in [0, 0.05) is 6.08 Å². The summed E-state index contributed by atoms with van der Waals surface area (Å²) in [4.78, 5) is 11.9. The molecular weight excluding hydrogens is 326 g/mol. The molecule has 0 fully saturated rings. The van der Waals surface area contributed by atoms with E-state index in [1.54, 1.807) is 31.4 Å². The maximum Gasteiger partial charge on any atom is 0.331 e. The number of hydrogen-bond donors (Lipinski definition) is 0. The topological polar surface area (TPSA) is 59.3 Å². The molecule has 0 aromatic heterocycles. The van der Waals surface area contributed by atoms with Gasteiger partial charge < -0.3 is 9.47 Å². The molecule has 0 amide bonds. The van der Waals surface area contributed by atoms with E-state index in [1.165, 1.54) is 6.08 Å². The average molecular weight is 343 g/mol. The van der Waals surface area contributed by atoms with Gasteiger partial charge in [0.25, 0.3) is 0 Å². The Hall–Kier alpha value is -3.58. The van der Waals surface area contributed by atoms with Crippen LogP contribution in [0.2, 0.25) is 0 Å². The number of carbonyl (C=O) groups is 1. The number of esters is 1. The van der Waals surface area contributed by atoms with Gasteiger partial charge in [0.15, 0.2) is 0 Å². The van der Waals surface area contributed by atoms with Gasteiger partial charge in [-0.1, -0.05) is 30.3 Å². The normalized spacial score (nSPS) is 10.6. The number of methoxy groups -OCH3 is 1. The molecule has 0 bridgehead atoms. The predicted molar refractivity (Wildman–Crippen MR) is 100 cm³/mol. The summed E-state index contributed by atoms with van der Waals surface area (Å²) in [6.45, 7) is 0.135. The summed E-state index contributed by atoms with van der Waals surface area (Å²) in [6.07, 6.45) is 3.12. The van der Waals surface area contributed by atoms with E-state index >= 15 is 0 Å². The lowest BCUT2D eigenvalue weighted by molar-refractivity contribution is -0.138. The van der Waals surface area contributed by atoms with Gasteiger partial charge in [-0.05, 0) is 58.3 Å². The van der Waals surface area contributed by atoms with Gasteiger partial charge in [-0.15, -0.1) is 0 Å². The lowest BCUT2D eigenvalue weighted by atomic mass is 10.1. The molecule has 3 rings (SSSR count). The zero-order valence-electron chi connectivity index (χ0n) is 14.3. The first kappa shape index (κ1) is 17.2. The Labute approximate surface area is 151 Å². The molecule has 0 saturated heterocycles. The van der Waals surface area contributed by atoms with Crippen LogP contribution in [0.5, 0.6) is 5.75 Å². The zero-order valence-corrected chi connectivity index (χ0v) is 14.3. The maximum absolute atomic E-state index is 11.9. The molecular formula is C22H17NO3. The summed E-state index contributed by atoms with van der Waals surface area (Å²) in [5, 5.41) is 11.0. The maximum atomic E-state index is 11.9. The Morgan fingerprint density at radius 1 is 1.08 bits per heavy atom. The Bertz CT molecular complexity index is 1020. The van der Waals surface area contributed by atoms with Crippen LogP contribution < -0.4 is 4.74 Å². The second-order valence-corrected chi connectivity index (χ2v) is 5.73. The number of benzene rings is 3. The largest absolute Gasteiger partial charge is 0.497 e. The molecule has 0 saturated carbocycles. The van der Waals surface area contributed by atoms with Crippen LogP contribution in [0.4, 0.5) is 0 Å². The molecule has 0 spiro atoms. The van der Waals surface area contributed by atoms with Crippen molar-refractivity contribution in [3.8, 4) is 11.8 Å². The van der Waals surface area contributed by atoms with Crippen LogP contribution in [-0.2, 0) is 16.1 Å². The molecule has 0 aliphatic carbocycles. The fourth-order valence-corrected chi connectivity index (χ4v) is 2.57. The molecule has 0 atom stereocenters. The minimum Gasteiger partial charge on any atom is -0.497 e. The summed E-state index contributed by atoms with van der Waals surface area (Å²) < 4.78 is 10.4. The first-order chi connectivity index (χ1) is 12.7. The van der Waals surface area contributed by atoms with Crippen molar-refractivity contribution in [2.75, 3.05) is 7.11 Å². The number of carbonyl (C=O) groups excluding carboxylic acids is 1. The highest BCUT2D eigenvalue weighted by atomic mass is 16.5.